The van der Waals surface area contributed by atoms with Gasteiger partial charge in [0.05, 0.1) is 17.6 Å². The van der Waals surface area contributed by atoms with Crippen LogP contribution in [0.4, 0.5) is 5.69 Å². The van der Waals surface area contributed by atoms with Gasteiger partial charge in [-0.2, -0.15) is 0 Å². The topological polar surface area (TPSA) is 43.9 Å². The lowest BCUT2D eigenvalue weighted by Gasteiger charge is -2.29. The number of hydrogen-bond acceptors (Lipinski definition) is 4. The zero-order chi connectivity index (χ0) is 19.6. The van der Waals surface area contributed by atoms with Gasteiger partial charge in [0.15, 0.2) is 0 Å². The van der Waals surface area contributed by atoms with Gasteiger partial charge in [-0.1, -0.05) is 41.4 Å². The number of benzene rings is 2. The molecule has 0 aliphatic carbocycles. The number of carbonyl (C=O) groups is 2. The molecule has 3 aliphatic heterocycles. The van der Waals surface area contributed by atoms with Gasteiger partial charge in [-0.25, -0.2) is 14.9 Å². The van der Waals surface area contributed by atoms with Crippen molar-refractivity contribution < 1.29 is 9.59 Å². The highest BCUT2D eigenvalue weighted by Gasteiger charge is 2.62. The summed E-state index contributed by atoms with van der Waals surface area (Å²) in [5.41, 5.74) is 2.46. The summed E-state index contributed by atoms with van der Waals surface area (Å²) < 4.78 is 0. The SMILES string of the molecule is Cc1ccc(N2C(=O)[C@@H]3[C@H](C2=O)N2CCCN2[C@H]3c2ccc(Cl)cc2)cc1Cl. The van der Waals surface area contributed by atoms with Crippen LogP contribution in [-0.2, 0) is 9.59 Å². The van der Waals surface area contributed by atoms with Gasteiger partial charge in [0.25, 0.3) is 5.91 Å². The van der Waals surface area contributed by atoms with E-state index in [2.05, 4.69) is 10.0 Å². The summed E-state index contributed by atoms with van der Waals surface area (Å²) in [5, 5.41) is 5.47. The second-order valence-corrected chi connectivity index (χ2v) is 8.44. The van der Waals surface area contributed by atoms with Crippen LogP contribution in [-0.4, -0.2) is 41.0 Å². The van der Waals surface area contributed by atoms with Crippen LogP contribution in [0.1, 0.15) is 23.6 Å². The standard InChI is InChI=1S/C21H19Cl2N3O2/c1-12-3-8-15(11-16(12)23)26-20(27)17-18(13-4-6-14(22)7-5-13)24-9-2-10-25(24)19(17)21(26)28/h3-8,11,17-19H,2,9-10H2,1H3/t17-,18-,19+/m0/s1. The first kappa shape index (κ1) is 18.1. The van der Waals surface area contributed by atoms with Crippen molar-refractivity contribution in [2.24, 2.45) is 5.92 Å². The van der Waals surface area contributed by atoms with Crippen molar-refractivity contribution in [3.63, 3.8) is 0 Å². The van der Waals surface area contributed by atoms with Crippen LogP contribution in [0.2, 0.25) is 10.0 Å². The number of aryl methyl sites for hydroxylation is 1. The van der Waals surface area contributed by atoms with Crippen LogP contribution in [0.5, 0.6) is 0 Å². The summed E-state index contributed by atoms with van der Waals surface area (Å²) in [6.45, 7) is 3.52. The summed E-state index contributed by atoms with van der Waals surface area (Å²) in [5.74, 6) is -0.767. The average molecular weight is 416 g/mol. The first-order valence-electron chi connectivity index (χ1n) is 9.40. The van der Waals surface area contributed by atoms with Crippen LogP contribution >= 0.6 is 23.2 Å². The molecule has 0 unspecified atom stereocenters. The van der Waals surface area contributed by atoms with E-state index in [-0.39, 0.29) is 17.9 Å². The van der Waals surface area contributed by atoms with Gasteiger partial charge in [0, 0.05) is 23.1 Å². The molecule has 3 heterocycles. The molecule has 7 heteroatoms. The van der Waals surface area contributed by atoms with Gasteiger partial charge < -0.3 is 0 Å². The highest BCUT2D eigenvalue weighted by atomic mass is 35.5. The molecule has 2 aromatic carbocycles. The van der Waals surface area contributed by atoms with E-state index in [9.17, 15) is 9.59 Å². The highest BCUT2D eigenvalue weighted by Crippen LogP contribution is 2.49. The minimum absolute atomic E-state index is 0.160. The Morgan fingerprint density at radius 2 is 1.57 bits per heavy atom. The highest BCUT2D eigenvalue weighted by molar-refractivity contribution is 6.32. The Bertz CT molecular complexity index is 978. The molecule has 3 saturated heterocycles. The Morgan fingerprint density at radius 3 is 2.25 bits per heavy atom. The van der Waals surface area contributed by atoms with E-state index in [0.29, 0.717) is 15.7 Å². The molecule has 0 saturated carbocycles. The quantitative estimate of drug-likeness (QED) is 0.698. The molecule has 0 spiro atoms. The van der Waals surface area contributed by atoms with Gasteiger partial charge in [-0.15, -0.1) is 0 Å². The summed E-state index contributed by atoms with van der Waals surface area (Å²) >= 11 is 12.3. The predicted octanol–water partition coefficient (Wildman–Crippen LogP) is 3.84. The number of hydrazine groups is 1. The maximum atomic E-state index is 13.5. The molecule has 3 fully saturated rings. The van der Waals surface area contributed by atoms with E-state index in [0.717, 1.165) is 30.6 Å². The lowest BCUT2D eigenvalue weighted by Crippen LogP contribution is -2.44. The van der Waals surface area contributed by atoms with Gasteiger partial charge in [-0.3, -0.25) is 9.59 Å². The second kappa shape index (κ2) is 6.56. The van der Waals surface area contributed by atoms with Crippen molar-refractivity contribution >= 4 is 40.7 Å². The lowest BCUT2D eigenvalue weighted by molar-refractivity contribution is -0.126. The normalized spacial score (nSPS) is 27.5. The number of fused-ring (bicyclic) bond motifs is 3. The molecule has 3 aliphatic rings. The average Bonchev–Trinajstić information content (AvgIpc) is 3.31. The third-order valence-electron chi connectivity index (χ3n) is 6.03. The molecule has 3 atom stereocenters. The minimum atomic E-state index is -0.462. The second-order valence-electron chi connectivity index (χ2n) is 7.59. The van der Waals surface area contributed by atoms with E-state index in [4.69, 9.17) is 23.2 Å². The zero-order valence-corrected chi connectivity index (χ0v) is 16.8. The molecule has 5 nitrogen and oxygen atoms in total. The van der Waals surface area contributed by atoms with Crippen molar-refractivity contribution in [1.29, 1.82) is 0 Å². The van der Waals surface area contributed by atoms with Crippen molar-refractivity contribution in [2.75, 3.05) is 18.0 Å². The van der Waals surface area contributed by atoms with E-state index in [1.165, 1.54) is 4.90 Å². The Labute approximate surface area is 173 Å². The first-order valence-corrected chi connectivity index (χ1v) is 10.2. The summed E-state index contributed by atoms with van der Waals surface area (Å²) in [7, 11) is 0. The molecule has 0 bridgehead atoms. The van der Waals surface area contributed by atoms with Crippen molar-refractivity contribution in [3.05, 3.63) is 63.6 Å². The van der Waals surface area contributed by atoms with E-state index in [1.807, 2.05) is 37.3 Å². The minimum Gasteiger partial charge on any atom is -0.274 e. The fourth-order valence-electron chi connectivity index (χ4n) is 4.75. The van der Waals surface area contributed by atoms with Crippen LogP contribution in [0.3, 0.4) is 0 Å². The van der Waals surface area contributed by atoms with Gasteiger partial charge in [0.1, 0.15) is 6.04 Å². The van der Waals surface area contributed by atoms with E-state index in [1.54, 1.807) is 12.1 Å². The number of imide groups is 1. The van der Waals surface area contributed by atoms with Crippen molar-refractivity contribution in [1.82, 2.24) is 10.0 Å². The molecule has 0 N–H and O–H groups in total. The molecule has 0 aromatic heterocycles. The third-order valence-corrected chi connectivity index (χ3v) is 6.69. The molecular formula is C21H19Cl2N3O2. The summed E-state index contributed by atoms with van der Waals surface area (Å²) in [4.78, 5) is 28.1. The molecule has 5 rings (SSSR count). The Balaban J connectivity index is 1.58. The fraction of sp³-hybridized carbons (Fsp3) is 0.333. The van der Waals surface area contributed by atoms with Crippen LogP contribution < -0.4 is 4.90 Å². The van der Waals surface area contributed by atoms with Crippen LogP contribution in [0.25, 0.3) is 0 Å². The fourth-order valence-corrected chi connectivity index (χ4v) is 5.05. The lowest BCUT2D eigenvalue weighted by atomic mass is 9.90. The molecular weight excluding hydrogens is 397 g/mol. The molecule has 2 amide bonds. The van der Waals surface area contributed by atoms with Crippen molar-refractivity contribution in [2.45, 2.75) is 25.4 Å². The molecule has 144 valence electrons. The van der Waals surface area contributed by atoms with Gasteiger partial charge in [-0.05, 0) is 48.7 Å². The predicted molar refractivity (Wildman–Crippen MR) is 108 cm³/mol. The maximum absolute atomic E-state index is 13.5. The molecule has 28 heavy (non-hydrogen) atoms. The third kappa shape index (κ3) is 2.54. The summed E-state index contributed by atoms with van der Waals surface area (Å²) in [6, 6.07) is 12.3. The Morgan fingerprint density at radius 1 is 0.893 bits per heavy atom. The smallest absolute Gasteiger partial charge is 0.253 e. The summed E-state index contributed by atoms with van der Waals surface area (Å²) in [6.07, 6.45) is 0.977. The number of halogens is 2. The van der Waals surface area contributed by atoms with Crippen LogP contribution in [0.15, 0.2) is 42.5 Å². The number of rotatable bonds is 2. The maximum Gasteiger partial charge on any atom is 0.253 e. The molecule has 0 radical (unpaired) electrons. The number of carbonyl (C=O) groups excluding carboxylic acids is 2. The number of nitrogens with zero attached hydrogens (tertiary/aromatic N) is 3. The largest absolute Gasteiger partial charge is 0.274 e. The number of anilines is 1. The molecule has 2 aromatic rings. The van der Waals surface area contributed by atoms with E-state index >= 15 is 0 Å². The van der Waals surface area contributed by atoms with Crippen molar-refractivity contribution in [3.8, 4) is 0 Å². The first-order chi connectivity index (χ1) is 13.5. The monoisotopic (exact) mass is 415 g/mol. The van der Waals surface area contributed by atoms with Crippen LogP contribution in [0, 0.1) is 12.8 Å². The Kier molecular flexibility index (Phi) is 4.25. The Hall–Kier alpha value is -1.92. The van der Waals surface area contributed by atoms with Gasteiger partial charge in [0.2, 0.25) is 5.91 Å². The van der Waals surface area contributed by atoms with Gasteiger partial charge >= 0.3 is 0 Å². The number of hydrogen-bond donors (Lipinski definition) is 0. The van der Waals surface area contributed by atoms with E-state index < -0.39 is 12.0 Å². The number of amides is 2. The zero-order valence-electron chi connectivity index (χ0n) is 15.3.